The maximum Gasteiger partial charge on any atom is 0.257 e. The molecule has 0 bridgehead atoms. The Morgan fingerprint density at radius 2 is 1.79 bits per heavy atom. The van der Waals surface area contributed by atoms with Crippen molar-refractivity contribution < 1.29 is 22.7 Å². The first kappa shape index (κ1) is 19.9. The molecule has 134 valence electrons. The molecule has 24 heavy (non-hydrogen) atoms. The van der Waals surface area contributed by atoms with Crippen molar-refractivity contribution in [1.29, 1.82) is 0 Å². The third kappa shape index (κ3) is 5.20. The Bertz CT molecular complexity index is 741. The van der Waals surface area contributed by atoms with Gasteiger partial charge in [-0.1, -0.05) is 0 Å². The average molecular weight is 357 g/mol. The topological polar surface area (TPSA) is 105 Å². The van der Waals surface area contributed by atoms with Crippen LogP contribution in [0.5, 0.6) is 5.75 Å². The number of methoxy groups -OCH3 is 1. The second kappa shape index (κ2) is 7.18. The fourth-order valence-corrected chi connectivity index (χ4v) is 3.01. The van der Waals surface area contributed by atoms with Crippen LogP contribution in [0.25, 0.3) is 0 Å². The highest BCUT2D eigenvalue weighted by atomic mass is 32.2. The molecule has 0 atom stereocenters. The highest BCUT2D eigenvalue weighted by Gasteiger charge is 2.31. The third-order valence-corrected chi connectivity index (χ3v) is 3.98. The van der Waals surface area contributed by atoms with Gasteiger partial charge in [-0.2, -0.15) is 0 Å². The van der Waals surface area contributed by atoms with Gasteiger partial charge in [-0.05, 0) is 32.0 Å². The van der Waals surface area contributed by atoms with E-state index in [-0.39, 0.29) is 11.5 Å². The first-order valence-electron chi connectivity index (χ1n) is 7.07. The van der Waals surface area contributed by atoms with Crippen LogP contribution in [0.3, 0.4) is 0 Å². The van der Waals surface area contributed by atoms with Crippen molar-refractivity contribution in [3.8, 4) is 5.75 Å². The monoisotopic (exact) mass is 357 g/mol. The molecule has 0 spiro atoms. The van der Waals surface area contributed by atoms with E-state index in [0.717, 1.165) is 6.26 Å². The number of carbonyl (C=O) groups is 2. The van der Waals surface area contributed by atoms with Gasteiger partial charge < -0.3 is 15.0 Å². The molecule has 2 N–H and O–H groups in total. The van der Waals surface area contributed by atoms with Crippen molar-refractivity contribution in [2.45, 2.75) is 19.4 Å². The average Bonchev–Trinajstić information content (AvgIpc) is 2.43. The Labute approximate surface area is 142 Å². The normalized spacial score (nSPS) is 11.8. The van der Waals surface area contributed by atoms with Crippen LogP contribution in [0.4, 0.5) is 5.69 Å². The summed E-state index contributed by atoms with van der Waals surface area (Å²) >= 11 is 0. The van der Waals surface area contributed by atoms with Crippen molar-refractivity contribution in [2.24, 2.45) is 0 Å². The highest BCUT2D eigenvalue weighted by Crippen LogP contribution is 2.24. The van der Waals surface area contributed by atoms with E-state index in [1.165, 1.54) is 31.9 Å². The minimum Gasteiger partial charge on any atom is -0.496 e. The van der Waals surface area contributed by atoms with E-state index in [4.69, 9.17) is 4.74 Å². The van der Waals surface area contributed by atoms with Gasteiger partial charge in [-0.15, -0.1) is 0 Å². The summed E-state index contributed by atoms with van der Waals surface area (Å²) in [5.74, 6) is -0.460. The summed E-state index contributed by atoms with van der Waals surface area (Å²) in [7, 11) is 1.10. The first-order chi connectivity index (χ1) is 10.9. The second-order valence-corrected chi connectivity index (χ2v) is 7.82. The Morgan fingerprint density at radius 1 is 1.21 bits per heavy atom. The largest absolute Gasteiger partial charge is 0.496 e. The third-order valence-electron chi connectivity index (χ3n) is 3.10. The van der Waals surface area contributed by atoms with Gasteiger partial charge >= 0.3 is 0 Å². The molecule has 2 amide bonds. The molecule has 8 nitrogen and oxygen atoms in total. The number of carbonyl (C=O) groups excluding carboxylic acids is 2. The van der Waals surface area contributed by atoms with Crippen LogP contribution in [0.2, 0.25) is 0 Å². The van der Waals surface area contributed by atoms with Gasteiger partial charge in [-0.3, -0.25) is 9.59 Å². The molecule has 0 saturated carbocycles. The zero-order chi connectivity index (χ0) is 18.7. The van der Waals surface area contributed by atoms with Gasteiger partial charge in [0, 0.05) is 19.8 Å². The number of benzene rings is 1. The maximum atomic E-state index is 12.3. The molecule has 0 radical (unpaired) electrons. The standard InChI is InChI=1S/C15H23N3O5S/c1-15(2,17-24(6,21)22)14(20)16-10-7-8-12(23-5)11(9-10)13(19)18(3)4/h7-9,17H,1-6H3,(H,16,20). The quantitative estimate of drug-likeness (QED) is 0.778. The predicted octanol–water partition coefficient (Wildman–Crippen LogP) is 0.663. The van der Waals surface area contributed by atoms with Crippen molar-refractivity contribution in [3.05, 3.63) is 23.8 Å². The van der Waals surface area contributed by atoms with E-state index < -0.39 is 21.5 Å². The van der Waals surface area contributed by atoms with Gasteiger partial charge in [-0.25, -0.2) is 13.1 Å². The number of sulfonamides is 1. The van der Waals surface area contributed by atoms with E-state index in [9.17, 15) is 18.0 Å². The molecule has 0 fully saturated rings. The first-order valence-corrected chi connectivity index (χ1v) is 8.96. The number of rotatable bonds is 6. The smallest absolute Gasteiger partial charge is 0.257 e. The number of hydrogen-bond donors (Lipinski definition) is 2. The molecule has 0 aliphatic heterocycles. The number of amides is 2. The van der Waals surface area contributed by atoms with Gasteiger partial charge in [0.25, 0.3) is 5.91 Å². The number of ether oxygens (including phenoxy) is 1. The Hall–Kier alpha value is -2.13. The molecule has 0 unspecified atom stereocenters. The second-order valence-electron chi connectivity index (χ2n) is 6.07. The van der Waals surface area contributed by atoms with Crippen LogP contribution in [0, 0.1) is 0 Å². The number of anilines is 1. The molecule has 1 rings (SSSR count). The molecule has 1 aromatic rings. The predicted molar refractivity (Wildman–Crippen MR) is 91.7 cm³/mol. The molecule has 1 aromatic carbocycles. The molecule has 9 heteroatoms. The maximum absolute atomic E-state index is 12.3. The van der Waals surface area contributed by atoms with E-state index in [1.807, 2.05) is 0 Å². The van der Waals surface area contributed by atoms with Gasteiger partial charge in [0.2, 0.25) is 15.9 Å². The van der Waals surface area contributed by atoms with E-state index in [2.05, 4.69) is 10.0 Å². The summed E-state index contributed by atoms with van der Waals surface area (Å²) in [6, 6.07) is 4.61. The van der Waals surface area contributed by atoms with Gasteiger partial charge in [0.15, 0.2) is 0 Å². The summed E-state index contributed by atoms with van der Waals surface area (Å²) in [4.78, 5) is 25.9. The summed E-state index contributed by atoms with van der Waals surface area (Å²) in [5.41, 5.74) is -0.706. The molecule has 0 aliphatic carbocycles. The zero-order valence-corrected chi connectivity index (χ0v) is 15.4. The van der Waals surface area contributed by atoms with Crippen LogP contribution >= 0.6 is 0 Å². The Morgan fingerprint density at radius 3 is 2.25 bits per heavy atom. The van der Waals surface area contributed by atoms with Crippen molar-refractivity contribution in [3.63, 3.8) is 0 Å². The minimum absolute atomic E-state index is 0.281. The number of nitrogens with zero attached hydrogens (tertiary/aromatic N) is 1. The lowest BCUT2D eigenvalue weighted by atomic mass is 10.1. The Kier molecular flexibility index (Phi) is 5.96. The summed E-state index contributed by atoms with van der Waals surface area (Å²) < 4.78 is 30.1. The summed E-state index contributed by atoms with van der Waals surface area (Å²) in [6.45, 7) is 2.89. The van der Waals surface area contributed by atoms with Crippen molar-refractivity contribution in [1.82, 2.24) is 9.62 Å². The van der Waals surface area contributed by atoms with Crippen LogP contribution in [0.1, 0.15) is 24.2 Å². The molecular formula is C15H23N3O5S. The lowest BCUT2D eigenvalue weighted by Gasteiger charge is -2.24. The van der Waals surface area contributed by atoms with Crippen molar-refractivity contribution in [2.75, 3.05) is 32.8 Å². The van der Waals surface area contributed by atoms with Crippen LogP contribution < -0.4 is 14.8 Å². The summed E-state index contributed by atoms with van der Waals surface area (Å²) in [6.07, 6.45) is 0.975. The molecule has 0 saturated heterocycles. The van der Waals surface area contributed by atoms with E-state index in [1.54, 1.807) is 26.2 Å². The summed E-state index contributed by atoms with van der Waals surface area (Å²) in [5, 5.41) is 2.60. The van der Waals surface area contributed by atoms with Crippen molar-refractivity contribution >= 4 is 27.5 Å². The van der Waals surface area contributed by atoms with E-state index in [0.29, 0.717) is 11.4 Å². The Balaban J connectivity index is 3.10. The number of nitrogens with one attached hydrogen (secondary N) is 2. The van der Waals surface area contributed by atoms with Gasteiger partial charge in [0.1, 0.15) is 11.3 Å². The van der Waals surface area contributed by atoms with Crippen LogP contribution in [-0.4, -0.2) is 58.1 Å². The molecule has 0 aliphatic rings. The fraction of sp³-hybridized carbons (Fsp3) is 0.467. The van der Waals surface area contributed by atoms with Gasteiger partial charge in [0.05, 0.1) is 18.9 Å². The SMILES string of the molecule is COc1ccc(NC(=O)C(C)(C)NS(C)(=O)=O)cc1C(=O)N(C)C. The van der Waals surface area contributed by atoms with E-state index >= 15 is 0 Å². The fourth-order valence-electron chi connectivity index (χ4n) is 1.99. The highest BCUT2D eigenvalue weighted by molar-refractivity contribution is 7.88. The molecular weight excluding hydrogens is 334 g/mol. The molecule has 0 aromatic heterocycles. The van der Waals surface area contributed by atoms with Crippen LogP contribution in [-0.2, 0) is 14.8 Å². The minimum atomic E-state index is -3.55. The number of hydrogen-bond acceptors (Lipinski definition) is 5. The molecule has 0 heterocycles. The van der Waals surface area contributed by atoms with Crippen LogP contribution in [0.15, 0.2) is 18.2 Å². The lowest BCUT2D eigenvalue weighted by molar-refractivity contribution is -0.120. The lowest BCUT2D eigenvalue weighted by Crippen LogP contribution is -2.51. The zero-order valence-electron chi connectivity index (χ0n) is 14.6.